The molecular formula is C14H19N5O2S2. The molecule has 124 valence electrons. The summed E-state index contributed by atoms with van der Waals surface area (Å²) in [5.74, 6) is 0.313. The third-order valence-corrected chi connectivity index (χ3v) is 5.78. The van der Waals surface area contributed by atoms with Gasteiger partial charge < -0.3 is 10.2 Å². The third-order valence-electron chi connectivity index (χ3n) is 3.94. The second kappa shape index (κ2) is 6.42. The van der Waals surface area contributed by atoms with Crippen molar-refractivity contribution in [3.8, 4) is 0 Å². The van der Waals surface area contributed by atoms with Gasteiger partial charge in [0.05, 0.1) is 16.9 Å². The minimum Gasteiger partial charge on any atom is -0.369 e. The van der Waals surface area contributed by atoms with E-state index in [9.17, 15) is 8.42 Å². The predicted octanol–water partition coefficient (Wildman–Crippen LogP) is 1.45. The van der Waals surface area contributed by atoms with Crippen LogP contribution in [-0.2, 0) is 10.0 Å². The normalized spacial score (nSPS) is 18.1. The summed E-state index contributed by atoms with van der Waals surface area (Å²) in [6, 6.07) is 3.76. The molecular weight excluding hydrogens is 334 g/mol. The van der Waals surface area contributed by atoms with E-state index in [0.29, 0.717) is 17.6 Å². The summed E-state index contributed by atoms with van der Waals surface area (Å²) in [5, 5.41) is 4.97. The Kier molecular flexibility index (Phi) is 4.51. The van der Waals surface area contributed by atoms with E-state index in [0.717, 1.165) is 25.2 Å². The van der Waals surface area contributed by atoms with Gasteiger partial charge in [0.25, 0.3) is 10.0 Å². The second-order valence-corrected chi connectivity index (χ2v) is 7.84. The van der Waals surface area contributed by atoms with E-state index < -0.39 is 10.0 Å². The van der Waals surface area contributed by atoms with E-state index in [1.165, 1.54) is 17.4 Å². The van der Waals surface area contributed by atoms with Crippen molar-refractivity contribution >= 4 is 32.9 Å². The topological polar surface area (TPSA) is 87.2 Å². The maximum Gasteiger partial charge on any atom is 0.280 e. The third kappa shape index (κ3) is 3.46. The molecule has 1 saturated heterocycles. The zero-order valence-corrected chi connectivity index (χ0v) is 14.6. The fraction of sp³-hybridized carbons (Fsp3) is 0.429. The minimum atomic E-state index is -3.72. The van der Waals surface area contributed by atoms with Crippen molar-refractivity contribution in [1.82, 2.24) is 15.3 Å². The van der Waals surface area contributed by atoms with Gasteiger partial charge in [-0.3, -0.25) is 4.72 Å². The summed E-state index contributed by atoms with van der Waals surface area (Å²) in [7, 11) is -1.70. The molecule has 2 aromatic rings. The first-order valence-corrected chi connectivity index (χ1v) is 9.72. The van der Waals surface area contributed by atoms with Crippen molar-refractivity contribution in [2.45, 2.75) is 24.4 Å². The summed E-state index contributed by atoms with van der Waals surface area (Å²) in [6.07, 6.45) is 1.07. The summed E-state index contributed by atoms with van der Waals surface area (Å²) in [4.78, 5) is 10.4. The fourth-order valence-electron chi connectivity index (χ4n) is 2.67. The van der Waals surface area contributed by atoms with Crippen LogP contribution >= 0.6 is 11.3 Å². The molecule has 0 spiro atoms. The van der Waals surface area contributed by atoms with Gasteiger partial charge in [-0.2, -0.15) is 8.42 Å². The Hall–Kier alpha value is -1.71. The first-order chi connectivity index (χ1) is 11.0. The van der Waals surface area contributed by atoms with Crippen molar-refractivity contribution in [3.63, 3.8) is 0 Å². The number of anilines is 2. The van der Waals surface area contributed by atoms with Gasteiger partial charge in [-0.1, -0.05) is 0 Å². The Morgan fingerprint density at radius 2 is 2.26 bits per heavy atom. The van der Waals surface area contributed by atoms with Gasteiger partial charge in [-0.25, -0.2) is 9.97 Å². The lowest BCUT2D eigenvalue weighted by Gasteiger charge is -2.27. The van der Waals surface area contributed by atoms with Crippen molar-refractivity contribution in [3.05, 3.63) is 28.7 Å². The highest BCUT2D eigenvalue weighted by Gasteiger charge is 2.23. The van der Waals surface area contributed by atoms with Crippen LogP contribution in [0.3, 0.4) is 0 Å². The molecule has 0 bridgehead atoms. The van der Waals surface area contributed by atoms with Crippen LogP contribution in [0, 0.1) is 6.92 Å². The Morgan fingerprint density at radius 3 is 2.87 bits per heavy atom. The van der Waals surface area contributed by atoms with Gasteiger partial charge in [-0.05, 0) is 32.0 Å². The highest BCUT2D eigenvalue weighted by Crippen LogP contribution is 2.24. The number of rotatable bonds is 5. The van der Waals surface area contributed by atoms with Gasteiger partial charge in [0.1, 0.15) is 0 Å². The van der Waals surface area contributed by atoms with Crippen LogP contribution in [0.4, 0.5) is 11.5 Å². The Bertz CT molecular complexity index is 770. The Balaban J connectivity index is 1.83. The number of aryl methyl sites for hydroxylation is 1. The molecule has 1 aliphatic rings. The molecule has 0 unspecified atom stereocenters. The average molecular weight is 353 g/mol. The van der Waals surface area contributed by atoms with E-state index in [1.807, 2.05) is 20.0 Å². The molecule has 0 radical (unpaired) electrons. The maximum absolute atomic E-state index is 12.4. The predicted molar refractivity (Wildman–Crippen MR) is 91.6 cm³/mol. The number of sulfonamides is 1. The molecule has 7 nitrogen and oxygen atoms in total. The molecule has 0 saturated carbocycles. The smallest absolute Gasteiger partial charge is 0.280 e. The average Bonchev–Trinajstić information content (AvgIpc) is 3.19. The van der Waals surface area contributed by atoms with Crippen LogP contribution in [0.2, 0.25) is 0 Å². The first kappa shape index (κ1) is 16.2. The van der Waals surface area contributed by atoms with Crippen LogP contribution in [-0.4, -0.2) is 44.6 Å². The van der Waals surface area contributed by atoms with Gasteiger partial charge in [-0.15, -0.1) is 11.3 Å². The second-order valence-electron chi connectivity index (χ2n) is 5.49. The van der Waals surface area contributed by atoms with Crippen molar-refractivity contribution in [2.75, 3.05) is 29.8 Å². The molecule has 2 aromatic heterocycles. The highest BCUT2D eigenvalue weighted by atomic mass is 32.2. The number of likely N-dealkylation sites (N-methyl/N-ethyl adjacent to an activating group) is 1. The quantitative estimate of drug-likeness (QED) is 0.846. The van der Waals surface area contributed by atoms with Gasteiger partial charge in [0.2, 0.25) is 0 Å². The number of aromatic nitrogens is 2. The summed E-state index contributed by atoms with van der Waals surface area (Å²) >= 11 is 1.33. The lowest BCUT2D eigenvalue weighted by molar-refractivity contribution is 0.597. The summed E-state index contributed by atoms with van der Waals surface area (Å²) in [5.41, 5.74) is 3.22. The van der Waals surface area contributed by atoms with Crippen LogP contribution in [0.15, 0.2) is 28.0 Å². The molecule has 0 aliphatic carbocycles. The highest BCUT2D eigenvalue weighted by molar-refractivity contribution is 7.92. The minimum absolute atomic E-state index is 0.00435. The zero-order chi connectivity index (χ0) is 16.4. The standard InChI is InChI=1S/C14H19N5O2S2/c1-10-12(19(2)11-5-6-15-7-11)3-4-14(17-10)23(20,21)18-13-8-22-9-16-13/h3-4,8-9,11,15,18H,5-7H2,1-2H3/t11-/m0/s1. The molecule has 3 heterocycles. The number of hydrogen-bond acceptors (Lipinski definition) is 7. The maximum atomic E-state index is 12.4. The molecule has 1 fully saturated rings. The van der Waals surface area contributed by atoms with E-state index in [-0.39, 0.29) is 5.03 Å². The Labute approximate surface area is 139 Å². The molecule has 2 N–H and O–H groups in total. The van der Waals surface area contributed by atoms with Crippen LogP contribution in [0.5, 0.6) is 0 Å². The van der Waals surface area contributed by atoms with Gasteiger partial charge in [0.15, 0.2) is 10.8 Å². The van der Waals surface area contributed by atoms with Crippen LogP contribution < -0.4 is 14.9 Å². The van der Waals surface area contributed by atoms with Crippen LogP contribution in [0.25, 0.3) is 0 Å². The first-order valence-electron chi connectivity index (χ1n) is 7.29. The number of hydrogen-bond donors (Lipinski definition) is 2. The van der Waals surface area contributed by atoms with E-state index >= 15 is 0 Å². The number of thiazole rings is 1. The molecule has 1 aliphatic heterocycles. The summed E-state index contributed by atoms with van der Waals surface area (Å²) < 4.78 is 27.1. The summed E-state index contributed by atoms with van der Waals surface area (Å²) in [6.45, 7) is 3.77. The lowest BCUT2D eigenvalue weighted by atomic mass is 10.2. The Morgan fingerprint density at radius 1 is 1.43 bits per heavy atom. The van der Waals surface area contributed by atoms with Crippen molar-refractivity contribution in [2.24, 2.45) is 0 Å². The number of pyridine rings is 1. The SMILES string of the molecule is Cc1nc(S(=O)(=O)Nc2cscn2)ccc1N(C)[C@H]1CCNC1. The van der Waals surface area contributed by atoms with E-state index in [2.05, 4.69) is 24.9 Å². The number of nitrogens with one attached hydrogen (secondary N) is 2. The van der Waals surface area contributed by atoms with E-state index in [1.54, 1.807) is 10.9 Å². The molecule has 9 heteroatoms. The van der Waals surface area contributed by atoms with E-state index in [4.69, 9.17) is 0 Å². The molecule has 0 amide bonds. The lowest BCUT2D eigenvalue weighted by Crippen LogP contribution is -2.34. The van der Waals surface area contributed by atoms with Gasteiger partial charge in [0, 0.05) is 25.0 Å². The molecule has 0 aromatic carbocycles. The number of nitrogens with zero attached hydrogens (tertiary/aromatic N) is 3. The molecule has 23 heavy (non-hydrogen) atoms. The van der Waals surface area contributed by atoms with Crippen molar-refractivity contribution in [1.29, 1.82) is 0 Å². The molecule has 3 rings (SSSR count). The van der Waals surface area contributed by atoms with Gasteiger partial charge >= 0.3 is 0 Å². The zero-order valence-electron chi connectivity index (χ0n) is 13.0. The molecule has 1 atom stereocenters. The monoisotopic (exact) mass is 353 g/mol. The fourth-order valence-corrected chi connectivity index (χ4v) is 4.23. The van der Waals surface area contributed by atoms with Crippen LogP contribution in [0.1, 0.15) is 12.1 Å². The van der Waals surface area contributed by atoms with Crippen molar-refractivity contribution < 1.29 is 8.42 Å². The largest absolute Gasteiger partial charge is 0.369 e.